The van der Waals surface area contributed by atoms with Gasteiger partial charge in [0.1, 0.15) is 24.4 Å². The molecule has 0 aliphatic carbocycles. The van der Waals surface area contributed by atoms with Gasteiger partial charge in [0.05, 0.1) is 6.61 Å². The van der Waals surface area contributed by atoms with Gasteiger partial charge in [0.25, 0.3) is 0 Å². The quantitative estimate of drug-likeness (QED) is 0.621. The molecule has 0 spiro atoms. The van der Waals surface area contributed by atoms with Crippen molar-refractivity contribution < 1.29 is 27.9 Å². The molecule has 6 nitrogen and oxygen atoms in total. The zero-order valence-electron chi connectivity index (χ0n) is 17.6. The van der Waals surface area contributed by atoms with Gasteiger partial charge in [-0.15, -0.1) is 0 Å². The first-order chi connectivity index (χ1) is 11.2. The Kier molecular flexibility index (Phi) is 8.08. The molecule has 1 rings (SSSR count). The van der Waals surface area contributed by atoms with Crippen LogP contribution in [0.4, 0.5) is 0 Å². The van der Waals surface area contributed by atoms with Gasteiger partial charge in [0.2, 0.25) is 0 Å². The fraction of sp³-hybridized carbons (Fsp3) is 1.00. The van der Waals surface area contributed by atoms with Crippen LogP contribution in [0.25, 0.3) is 0 Å². The van der Waals surface area contributed by atoms with E-state index in [4.69, 9.17) is 22.8 Å². The van der Waals surface area contributed by atoms with E-state index in [0.717, 1.165) is 0 Å². The molecule has 150 valence electrons. The third-order valence-corrected chi connectivity index (χ3v) is 6.41. The van der Waals surface area contributed by atoms with Crippen molar-refractivity contribution in [2.24, 2.45) is 0 Å². The molecule has 1 aliphatic heterocycles. The first kappa shape index (κ1) is 23.5. The van der Waals surface area contributed by atoms with Crippen LogP contribution in [0.15, 0.2) is 0 Å². The Balaban J connectivity index is 3.27. The average Bonchev–Trinajstić information content (AvgIpc) is 2.38. The lowest BCUT2D eigenvalue weighted by atomic mass is 9.99. The van der Waals surface area contributed by atoms with Crippen LogP contribution in [0.5, 0.6) is 0 Å². The summed E-state index contributed by atoms with van der Waals surface area (Å²) < 4.78 is 30.9. The molecule has 1 saturated heterocycles. The minimum atomic E-state index is -1.89. The highest BCUT2D eigenvalue weighted by Crippen LogP contribution is 2.33. The molecule has 0 aromatic heterocycles. The number of rotatable bonds is 8. The van der Waals surface area contributed by atoms with Gasteiger partial charge >= 0.3 is 0 Å². The summed E-state index contributed by atoms with van der Waals surface area (Å²) in [6, 6.07) is 0. The SMILES string of the molecule is CO[C@H]1O[C@H](CO)[C@H](O[Si](C)(C)C)[C@H](O[Si](C)(C)C)[C@H]1O[Si](C)(C)C. The Bertz CT molecular complexity index is 386. The first-order valence-electron chi connectivity index (χ1n) is 8.99. The molecule has 1 N–H and O–H groups in total. The summed E-state index contributed by atoms with van der Waals surface area (Å²) in [4.78, 5) is 0. The zero-order valence-corrected chi connectivity index (χ0v) is 20.6. The monoisotopic (exact) mass is 410 g/mol. The van der Waals surface area contributed by atoms with Gasteiger partial charge in [-0.2, -0.15) is 0 Å². The van der Waals surface area contributed by atoms with Gasteiger partial charge < -0.3 is 27.9 Å². The van der Waals surface area contributed by atoms with E-state index in [2.05, 4.69) is 58.9 Å². The second-order valence-electron chi connectivity index (χ2n) is 9.55. The Labute approximate surface area is 156 Å². The second kappa shape index (κ2) is 8.61. The Morgan fingerprint density at radius 3 is 1.48 bits per heavy atom. The summed E-state index contributed by atoms with van der Waals surface area (Å²) >= 11 is 0. The molecular formula is C16H38O6Si3. The van der Waals surface area contributed by atoms with Crippen molar-refractivity contribution in [1.29, 1.82) is 0 Å². The maximum atomic E-state index is 9.89. The molecule has 9 heteroatoms. The van der Waals surface area contributed by atoms with Gasteiger partial charge in [-0.25, -0.2) is 0 Å². The van der Waals surface area contributed by atoms with Crippen molar-refractivity contribution in [1.82, 2.24) is 0 Å². The van der Waals surface area contributed by atoms with E-state index in [1.54, 1.807) is 7.11 Å². The van der Waals surface area contributed by atoms with Crippen LogP contribution < -0.4 is 0 Å². The highest BCUT2D eigenvalue weighted by atomic mass is 28.4. The standard InChI is InChI=1S/C16H38O6Si3/c1-18-16-15(22-25(8,9)10)14(21-24(5,6)7)13(12(11-17)19-16)20-23(2,3)4/h12-17H,11H2,1-10H3/t12-,13+,14+,15-,16+/m1/s1. The van der Waals surface area contributed by atoms with Crippen molar-refractivity contribution in [3.63, 3.8) is 0 Å². The first-order valence-corrected chi connectivity index (χ1v) is 19.2. The molecule has 0 aromatic rings. The normalized spacial score (nSPS) is 32.0. The number of aliphatic hydroxyl groups excluding tert-OH is 1. The van der Waals surface area contributed by atoms with Crippen molar-refractivity contribution in [2.75, 3.05) is 13.7 Å². The summed E-state index contributed by atoms with van der Waals surface area (Å²) in [6.07, 6.45) is -2.11. The minimum absolute atomic E-state index is 0.139. The lowest BCUT2D eigenvalue weighted by molar-refractivity contribution is -0.284. The Morgan fingerprint density at radius 2 is 1.12 bits per heavy atom. The average molecular weight is 411 g/mol. The number of aliphatic hydroxyl groups is 1. The molecule has 0 bridgehead atoms. The molecule has 1 aliphatic rings. The van der Waals surface area contributed by atoms with E-state index in [1.165, 1.54) is 0 Å². The van der Waals surface area contributed by atoms with Crippen LogP contribution in [0.1, 0.15) is 0 Å². The topological polar surface area (TPSA) is 66.4 Å². The Hall–Kier alpha value is 0.411. The van der Waals surface area contributed by atoms with Crippen molar-refractivity contribution in [3.8, 4) is 0 Å². The van der Waals surface area contributed by atoms with Crippen LogP contribution in [-0.2, 0) is 22.8 Å². The number of methoxy groups -OCH3 is 1. The highest BCUT2D eigenvalue weighted by molar-refractivity contribution is 6.70. The molecule has 1 heterocycles. The third-order valence-electron chi connectivity index (χ3n) is 3.47. The van der Waals surface area contributed by atoms with E-state index >= 15 is 0 Å². The van der Waals surface area contributed by atoms with Gasteiger partial charge in [0, 0.05) is 7.11 Å². The van der Waals surface area contributed by atoms with Crippen LogP contribution in [0.3, 0.4) is 0 Å². The van der Waals surface area contributed by atoms with E-state index in [9.17, 15) is 5.11 Å². The van der Waals surface area contributed by atoms with Crippen molar-refractivity contribution in [2.45, 2.75) is 89.6 Å². The Morgan fingerprint density at radius 1 is 0.720 bits per heavy atom. The molecule has 0 amide bonds. The predicted octanol–water partition coefficient (Wildman–Crippen LogP) is 3.01. The van der Waals surface area contributed by atoms with Crippen LogP contribution in [-0.4, -0.2) is 74.5 Å². The molecule has 1 fully saturated rings. The van der Waals surface area contributed by atoms with Gasteiger partial charge in [-0.1, -0.05) is 0 Å². The van der Waals surface area contributed by atoms with Crippen LogP contribution in [0.2, 0.25) is 58.9 Å². The molecule has 0 saturated carbocycles. The van der Waals surface area contributed by atoms with Gasteiger partial charge in [-0.05, 0) is 58.9 Å². The maximum Gasteiger partial charge on any atom is 0.185 e. The zero-order chi connectivity index (χ0) is 19.6. The van der Waals surface area contributed by atoms with E-state index in [0.29, 0.717) is 0 Å². The minimum Gasteiger partial charge on any atom is -0.409 e. The molecule has 0 radical (unpaired) electrons. The summed E-state index contributed by atoms with van der Waals surface area (Å²) in [5, 5.41) is 9.89. The van der Waals surface area contributed by atoms with Crippen LogP contribution >= 0.6 is 0 Å². The summed E-state index contributed by atoms with van der Waals surface area (Å²) in [5.74, 6) is 0. The molecular weight excluding hydrogens is 372 g/mol. The van der Waals surface area contributed by atoms with E-state index in [-0.39, 0.29) is 24.9 Å². The molecule has 5 atom stereocenters. The maximum absolute atomic E-state index is 9.89. The van der Waals surface area contributed by atoms with Crippen molar-refractivity contribution >= 4 is 25.0 Å². The fourth-order valence-corrected chi connectivity index (χ4v) is 6.09. The summed E-state index contributed by atoms with van der Waals surface area (Å²) in [7, 11) is -4.04. The highest BCUT2D eigenvalue weighted by Gasteiger charge is 2.51. The van der Waals surface area contributed by atoms with Crippen LogP contribution in [0, 0.1) is 0 Å². The lowest BCUT2D eigenvalue weighted by Gasteiger charge is -2.50. The van der Waals surface area contributed by atoms with Crippen molar-refractivity contribution in [3.05, 3.63) is 0 Å². The summed E-state index contributed by atoms with van der Waals surface area (Å²) in [6.45, 7) is 19.1. The summed E-state index contributed by atoms with van der Waals surface area (Å²) in [5.41, 5.74) is 0. The molecule has 0 unspecified atom stereocenters. The number of hydrogen-bond donors (Lipinski definition) is 1. The third kappa shape index (κ3) is 7.89. The van der Waals surface area contributed by atoms with Gasteiger partial charge in [-0.3, -0.25) is 0 Å². The second-order valence-corrected chi connectivity index (χ2v) is 22.9. The van der Waals surface area contributed by atoms with E-state index < -0.39 is 37.3 Å². The number of hydrogen-bond acceptors (Lipinski definition) is 6. The van der Waals surface area contributed by atoms with E-state index in [1.807, 2.05) is 0 Å². The largest absolute Gasteiger partial charge is 0.409 e. The smallest absolute Gasteiger partial charge is 0.185 e. The fourth-order valence-electron chi connectivity index (χ4n) is 2.84. The predicted molar refractivity (Wildman–Crippen MR) is 107 cm³/mol. The molecule has 25 heavy (non-hydrogen) atoms. The lowest BCUT2D eigenvalue weighted by Crippen LogP contribution is -2.66. The molecule has 0 aromatic carbocycles. The van der Waals surface area contributed by atoms with Gasteiger partial charge in [0.15, 0.2) is 31.2 Å². The number of ether oxygens (including phenoxy) is 2.